The Labute approximate surface area is 594 Å². The van der Waals surface area contributed by atoms with Crippen molar-refractivity contribution in [2.75, 3.05) is 0 Å². The number of nitrogens with zero attached hydrogens (tertiary/aromatic N) is 5. The molecule has 0 bridgehead atoms. The van der Waals surface area contributed by atoms with E-state index in [1.165, 1.54) is 49.3 Å². The summed E-state index contributed by atoms with van der Waals surface area (Å²) in [5, 5.41) is 7.72. The van der Waals surface area contributed by atoms with E-state index in [-0.39, 0.29) is 0 Å². The van der Waals surface area contributed by atoms with E-state index in [1.54, 1.807) is 48.7 Å². The highest BCUT2D eigenvalue weighted by atomic mass is 32.1. The Balaban J connectivity index is 0.000000364. The lowest BCUT2D eigenvalue weighted by Crippen LogP contribution is -1.93. The van der Waals surface area contributed by atoms with Gasteiger partial charge in [-0.15, -0.1) is 11.3 Å². The van der Waals surface area contributed by atoms with E-state index in [9.17, 15) is 0 Å². The Kier molecular flexibility index (Phi) is 43.9. The standard InChI is InChI=1S/C12H13N.C9H12.2C8H11N.C7H10N2.2C7H11N.2C7H10O.2C7H10S/c1-9(2)10-7-8-13-12-6-4-3-5-11(10)12;1-8(2)9-6-4-3-5-7-9;1-7(2)8-4-3-5-9-6-8;1-7(2)8-5-3-4-6-9-8;1-6(2)7-8-4-3-5-9-7;1-6(2)7-3-4-8-5-7;1-6(2)7-4-3-5-8-7;1-6(2)7-3-4-8-5-7;1-6(2)7-4-3-5-8-7;1-6(2)7-3-4-8-5-7;1-6(2)7-4-3-5-8-7/h3-9H,1-2H3;3-8H,1-2H3;2*3-7H,1-2H3;3-6H,1-2H3;2*3-6,8H,1-2H3;4*3-6H,1-2H3. The van der Waals surface area contributed by atoms with Gasteiger partial charge >= 0.3 is 0 Å². The normalized spacial score (nSPS) is 10.4. The topological polar surface area (TPSA) is 122 Å². The number of furan rings is 2. The number of pyridine rings is 3. The lowest BCUT2D eigenvalue weighted by molar-refractivity contribution is 0.487. The van der Waals surface area contributed by atoms with Gasteiger partial charge in [0.05, 0.1) is 24.3 Å². The summed E-state index contributed by atoms with van der Waals surface area (Å²) < 4.78 is 9.97. The van der Waals surface area contributed by atoms with Crippen molar-refractivity contribution in [1.29, 1.82) is 0 Å². The van der Waals surface area contributed by atoms with Crippen LogP contribution in [0.25, 0.3) is 10.9 Å². The summed E-state index contributed by atoms with van der Waals surface area (Å²) in [7, 11) is 0. The van der Waals surface area contributed by atoms with Gasteiger partial charge in [-0.3, -0.25) is 15.0 Å². The molecule has 0 radical (unpaired) electrons. The van der Waals surface area contributed by atoms with Gasteiger partial charge < -0.3 is 18.8 Å². The second kappa shape index (κ2) is 50.2. The molecule has 10 aromatic heterocycles. The maximum absolute atomic E-state index is 5.09. The Morgan fingerprint density at radius 2 is 1.02 bits per heavy atom. The number of thiophene rings is 2. The van der Waals surface area contributed by atoms with Crippen LogP contribution in [0.3, 0.4) is 0 Å². The molecule has 11 heteroatoms. The van der Waals surface area contributed by atoms with E-state index in [0.717, 1.165) is 22.8 Å². The molecule has 0 aliphatic rings. The summed E-state index contributed by atoms with van der Waals surface area (Å²) in [4.78, 5) is 28.3. The lowest BCUT2D eigenvalue weighted by Gasteiger charge is -2.08. The quantitative estimate of drug-likeness (QED) is 0.132. The number of H-pyrrole nitrogens is 2. The highest BCUT2D eigenvalue weighted by molar-refractivity contribution is 7.10. The Morgan fingerprint density at radius 3 is 1.37 bits per heavy atom. The second-order valence-electron chi connectivity index (χ2n) is 26.6. The average molecular weight is 1350 g/mol. The van der Waals surface area contributed by atoms with Crippen LogP contribution in [0.1, 0.15) is 279 Å². The molecule has 9 nitrogen and oxygen atoms in total. The molecule has 0 saturated carbocycles. The van der Waals surface area contributed by atoms with E-state index in [2.05, 4.69) is 288 Å². The lowest BCUT2D eigenvalue weighted by atomic mass is 9.99. The Hall–Kier alpha value is -8.25. The van der Waals surface area contributed by atoms with Crippen LogP contribution in [0, 0.1) is 0 Å². The van der Waals surface area contributed by atoms with Crippen LogP contribution in [-0.2, 0) is 0 Å². The highest BCUT2D eigenvalue weighted by Crippen LogP contribution is 2.24. The monoisotopic (exact) mass is 1350 g/mol. The van der Waals surface area contributed by atoms with E-state index >= 15 is 0 Å². The van der Waals surface area contributed by atoms with E-state index in [1.807, 2.05) is 115 Å². The van der Waals surface area contributed by atoms with Crippen LogP contribution >= 0.6 is 22.7 Å². The van der Waals surface area contributed by atoms with Gasteiger partial charge in [-0.05, 0) is 188 Å². The third-order valence-corrected chi connectivity index (χ3v) is 16.6. The van der Waals surface area contributed by atoms with Crippen molar-refractivity contribution in [1.82, 2.24) is 34.9 Å². The molecule has 0 spiro atoms. The zero-order chi connectivity index (χ0) is 71.9. The summed E-state index contributed by atoms with van der Waals surface area (Å²) in [6.07, 6.45) is 22.1. The van der Waals surface area contributed by atoms with Gasteiger partial charge in [0.2, 0.25) is 0 Å². The van der Waals surface area contributed by atoms with Crippen molar-refractivity contribution in [2.45, 2.75) is 217 Å². The molecular weight excluding hydrogens is 1230 g/mol. The molecule has 2 aromatic carbocycles. The number of nitrogens with one attached hydrogen (secondary N) is 2. The molecule has 0 aliphatic heterocycles. The zero-order valence-electron chi connectivity index (χ0n) is 62.8. The van der Waals surface area contributed by atoms with Crippen LogP contribution in [0.2, 0.25) is 0 Å². The molecule has 12 rings (SSSR count). The first-order chi connectivity index (χ1) is 46.3. The first kappa shape index (κ1) is 84.8. The summed E-state index contributed by atoms with van der Waals surface area (Å²) in [5.74, 6) is 8.57. The van der Waals surface area contributed by atoms with Gasteiger partial charge in [0.15, 0.2) is 0 Å². The highest BCUT2D eigenvalue weighted by Gasteiger charge is 2.05. The summed E-state index contributed by atoms with van der Waals surface area (Å²) >= 11 is 3.60. The predicted molar refractivity (Wildman–Crippen MR) is 421 cm³/mol. The van der Waals surface area contributed by atoms with Crippen LogP contribution < -0.4 is 0 Å². The van der Waals surface area contributed by atoms with Gasteiger partial charge in [0, 0.05) is 89.3 Å². The van der Waals surface area contributed by atoms with Crippen molar-refractivity contribution < 1.29 is 8.83 Å². The molecule has 0 unspecified atom stereocenters. The predicted octanol–water partition coefficient (Wildman–Crippen LogP) is 27.0. The minimum atomic E-state index is 0.436. The van der Waals surface area contributed by atoms with Crippen LogP contribution in [0.4, 0.5) is 0 Å². The second-order valence-corrected chi connectivity index (χ2v) is 28.4. The van der Waals surface area contributed by atoms with Crippen molar-refractivity contribution >= 4 is 33.6 Å². The third kappa shape index (κ3) is 37.7. The van der Waals surface area contributed by atoms with Crippen molar-refractivity contribution in [3.63, 3.8) is 0 Å². The molecule has 0 aliphatic carbocycles. The molecule has 0 atom stereocenters. The molecule has 2 N–H and O–H groups in total. The summed E-state index contributed by atoms with van der Waals surface area (Å²) in [6.45, 7) is 47.7. The minimum Gasteiger partial charge on any atom is -0.472 e. The van der Waals surface area contributed by atoms with Crippen molar-refractivity contribution in [3.05, 3.63) is 304 Å². The summed E-state index contributed by atoms with van der Waals surface area (Å²) in [6, 6.07) is 51.4. The van der Waals surface area contributed by atoms with Gasteiger partial charge in [0.1, 0.15) is 11.6 Å². The number of fused-ring (bicyclic) bond motifs is 1. The minimum absolute atomic E-state index is 0.436. The van der Waals surface area contributed by atoms with Gasteiger partial charge in [-0.2, -0.15) is 11.3 Å². The number of hydrogen-bond donors (Lipinski definition) is 2. The third-order valence-electron chi connectivity index (χ3n) is 14.7. The fraction of sp³-hybridized carbons (Fsp3) is 0.384. The smallest absolute Gasteiger partial charge is 0.130 e. The Bertz CT molecular complexity index is 3120. The Morgan fingerprint density at radius 1 is 0.381 bits per heavy atom. The number of benzene rings is 2. The fourth-order valence-corrected chi connectivity index (χ4v) is 9.91. The first-order valence-electron chi connectivity index (χ1n) is 34.7. The van der Waals surface area contributed by atoms with Crippen LogP contribution in [-0.4, -0.2) is 34.9 Å². The fourth-order valence-electron chi connectivity index (χ4n) is 8.35. The number of hydrogen-bond acceptors (Lipinski definition) is 9. The number of rotatable bonds is 11. The molecule has 10 heterocycles. The first-order valence-corrected chi connectivity index (χ1v) is 36.5. The molecule has 0 fully saturated rings. The molecule has 0 saturated heterocycles. The maximum atomic E-state index is 5.09. The van der Waals surface area contributed by atoms with Crippen molar-refractivity contribution in [2.24, 2.45) is 0 Å². The van der Waals surface area contributed by atoms with Gasteiger partial charge in [-0.1, -0.05) is 219 Å². The van der Waals surface area contributed by atoms with E-state index in [4.69, 9.17) is 8.83 Å². The largest absolute Gasteiger partial charge is 0.472 e. The number of aromatic amines is 2. The SMILES string of the molecule is CC(C)c1cc[nH]c1.CC(C)c1ccc[nH]1.CC(C)c1ccccc1.CC(C)c1ccccn1.CC(C)c1cccnc1.CC(C)c1ccco1.CC(C)c1cccs1.CC(C)c1ccnc2ccccc12.CC(C)c1ccoc1.CC(C)c1ccsc1.CC(C)c1ncccn1. The average Bonchev–Trinajstić information content (AvgIpc) is 1.62. The van der Waals surface area contributed by atoms with Crippen LogP contribution in [0.5, 0.6) is 0 Å². The van der Waals surface area contributed by atoms with Crippen LogP contribution in [0.15, 0.2) is 251 Å². The molecule has 522 valence electrons. The maximum Gasteiger partial charge on any atom is 0.130 e. The molecular formula is C86H119N7O2S2. The summed E-state index contributed by atoms with van der Waals surface area (Å²) in [5.41, 5.74) is 11.8. The van der Waals surface area contributed by atoms with Crippen molar-refractivity contribution in [3.8, 4) is 0 Å². The van der Waals surface area contributed by atoms with E-state index in [0.29, 0.717) is 65.1 Å². The molecule has 12 aromatic rings. The number of aromatic nitrogens is 7. The molecule has 97 heavy (non-hydrogen) atoms. The molecule has 0 amide bonds. The van der Waals surface area contributed by atoms with Gasteiger partial charge in [0.25, 0.3) is 0 Å². The zero-order valence-corrected chi connectivity index (χ0v) is 64.4. The van der Waals surface area contributed by atoms with E-state index < -0.39 is 0 Å². The number of para-hydroxylation sites is 1. The van der Waals surface area contributed by atoms with Gasteiger partial charge in [-0.25, -0.2) is 9.97 Å².